The first-order valence-electron chi connectivity index (χ1n) is 12.5. The van der Waals surface area contributed by atoms with E-state index in [1.807, 2.05) is 13.0 Å². The molecule has 2 atom stereocenters. The maximum atomic E-state index is 15.7. The lowest BCUT2D eigenvalue weighted by Gasteiger charge is -2.52. The van der Waals surface area contributed by atoms with Gasteiger partial charge in [-0.2, -0.15) is 9.57 Å². The van der Waals surface area contributed by atoms with Crippen molar-refractivity contribution < 1.29 is 21.6 Å². The van der Waals surface area contributed by atoms with Crippen LogP contribution in [0.3, 0.4) is 0 Å². The third-order valence-electron chi connectivity index (χ3n) is 7.98. The number of rotatable bonds is 6. The standard InChI is InChI=1S/C27H28F2N4O4S/c1-17-8-9-23(18-6-4-3-5-7-18)38(35,36)33(17)14-19-12-22(29)20(13-21(19)28)27(24-31-32-25(34)37-24)15-26(2,16-27)10-11-30/h3-7,12-13,17,23H,8-10,14-16H2,1-2H3,(H,32,34)/t17-,23+,26?,27?/m0/s1. The fraction of sp³-hybridized carbons (Fsp3) is 0.444. The van der Waals surface area contributed by atoms with Crippen molar-refractivity contribution in [2.45, 2.75) is 69.2 Å². The number of nitrogens with zero attached hydrogens (tertiary/aromatic N) is 3. The number of nitrogens with one attached hydrogen (secondary N) is 1. The average Bonchev–Trinajstić information content (AvgIpc) is 3.29. The molecule has 1 saturated carbocycles. The summed E-state index contributed by atoms with van der Waals surface area (Å²) in [5.74, 6) is -2.41. The molecule has 1 saturated heterocycles. The SMILES string of the molecule is C[C@H]1CC[C@H](c2ccccc2)S(=O)(=O)N1Cc1cc(F)c(C2(c3n[nH]c(=O)o3)CC(C)(CC#N)C2)cc1F. The van der Waals surface area contributed by atoms with Crippen molar-refractivity contribution in [2.75, 3.05) is 0 Å². The molecule has 1 aromatic heterocycles. The zero-order valence-electron chi connectivity index (χ0n) is 21.1. The van der Waals surface area contributed by atoms with Gasteiger partial charge in [0.05, 0.1) is 11.5 Å². The molecule has 1 aliphatic heterocycles. The second-order valence-electron chi connectivity index (χ2n) is 10.8. The molecular formula is C27H28F2N4O4S. The molecule has 0 unspecified atom stereocenters. The first-order valence-corrected chi connectivity index (χ1v) is 14.0. The van der Waals surface area contributed by atoms with Crippen molar-refractivity contribution >= 4 is 10.0 Å². The summed E-state index contributed by atoms with van der Waals surface area (Å²) in [4.78, 5) is 11.7. The van der Waals surface area contributed by atoms with Gasteiger partial charge in [-0.05, 0) is 55.7 Å². The van der Waals surface area contributed by atoms with E-state index in [4.69, 9.17) is 4.42 Å². The van der Waals surface area contributed by atoms with E-state index in [2.05, 4.69) is 16.3 Å². The van der Waals surface area contributed by atoms with Crippen LogP contribution in [0.5, 0.6) is 0 Å². The van der Waals surface area contributed by atoms with Crippen molar-refractivity contribution in [3.05, 3.63) is 87.2 Å². The van der Waals surface area contributed by atoms with E-state index in [1.165, 1.54) is 4.31 Å². The minimum absolute atomic E-state index is 0.0406. The molecule has 200 valence electrons. The summed E-state index contributed by atoms with van der Waals surface area (Å²) in [5, 5.41) is 14.5. The number of hydrogen-bond acceptors (Lipinski definition) is 6. The Morgan fingerprint density at radius 2 is 1.89 bits per heavy atom. The summed E-state index contributed by atoms with van der Waals surface area (Å²) >= 11 is 0. The molecular weight excluding hydrogens is 514 g/mol. The number of sulfonamides is 1. The van der Waals surface area contributed by atoms with Crippen LogP contribution < -0.4 is 5.76 Å². The predicted octanol–water partition coefficient (Wildman–Crippen LogP) is 4.70. The van der Waals surface area contributed by atoms with E-state index in [0.717, 1.165) is 12.1 Å². The Morgan fingerprint density at radius 1 is 1.18 bits per heavy atom. The van der Waals surface area contributed by atoms with Crippen molar-refractivity contribution in [2.24, 2.45) is 5.41 Å². The van der Waals surface area contributed by atoms with Crippen LogP contribution in [0.4, 0.5) is 8.78 Å². The zero-order valence-corrected chi connectivity index (χ0v) is 21.9. The summed E-state index contributed by atoms with van der Waals surface area (Å²) in [6.07, 6.45) is 1.68. The Hall–Kier alpha value is -3.36. The van der Waals surface area contributed by atoms with Crippen molar-refractivity contribution in [1.29, 1.82) is 5.26 Å². The lowest BCUT2D eigenvalue weighted by molar-refractivity contribution is 0.0487. The zero-order chi connectivity index (χ0) is 27.3. The quantitative estimate of drug-likeness (QED) is 0.482. The first kappa shape index (κ1) is 26.3. The molecule has 11 heteroatoms. The maximum absolute atomic E-state index is 15.7. The van der Waals surface area contributed by atoms with Gasteiger partial charge in [0.25, 0.3) is 0 Å². The number of aromatic amines is 1. The number of benzene rings is 2. The molecule has 38 heavy (non-hydrogen) atoms. The van der Waals surface area contributed by atoms with Gasteiger partial charge in [0, 0.05) is 30.1 Å². The van der Waals surface area contributed by atoms with Crippen molar-refractivity contribution in [3.63, 3.8) is 0 Å². The largest absolute Gasteiger partial charge is 0.434 e. The fourth-order valence-corrected chi connectivity index (χ4v) is 8.40. The minimum atomic E-state index is -3.84. The number of halogens is 2. The molecule has 0 spiro atoms. The Bertz CT molecular complexity index is 1560. The van der Waals surface area contributed by atoms with Crippen LogP contribution in [0.1, 0.15) is 73.8 Å². The topological polar surface area (TPSA) is 120 Å². The molecule has 2 fully saturated rings. The number of hydrogen-bond donors (Lipinski definition) is 1. The summed E-state index contributed by atoms with van der Waals surface area (Å²) in [6, 6.07) is 12.7. The summed E-state index contributed by atoms with van der Waals surface area (Å²) in [5.41, 5.74) is -1.18. The average molecular weight is 543 g/mol. The van der Waals surface area contributed by atoms with Crippen LogP contribution in [0.25, 0.3) is 0 Å². The summed E-state index contributed by atoms with van der Waals surface area (Å²) < 4.78 is 64.8. The monoisotopic (exact) mass is 542 g/mol. The number of nitriles is 1. The molecule has 0 radical (unpaired) electrons. The van der Waals surface area contributed by atoms with Crippen LogP contribution in [-0.4, -0.2) is 29.0 Å². The third kappa shape index (κ3) is 4.35. The molecule has 3 aromatic rings. The molecule has 1 N–H and O–H groups in total. The molecule has 2 aliphatic rings. The number of H-pyrrole nitrogens is 1. The molecule has 0 bridgehead atoms. The fourth-order valence-electron chi connectivity index (χ4n) is 6.21. The second-order valence-corrected chi connectivity index (χ2v) is 12.9. The second kappa shape index (κ2) is 9.43. The molecule has 8 nitrogen and oxygen atoms in total. The van der Waals surface area contributed by atoms with Gasteiger partial charge in [-0.1, -0.05) is 37.3 Å². The minimum Gasteiger partial charge on any atom is -0.392 e. The Labute approximate surface area is 219 Å². The van der Waals surface area contributed by atoms with E-state index in [1.54, 1.807) is 31.2 Å². The summed E-state index contributed by atoms with van der Waals surface area (Å²) in [6.45, 7) is 3.31. The summed E-state index contributed by atoms with van der Waals surface area (Å²) in [7, 11) is -3.84. The van der Waals surface area contributed by atoms with E-state index < -0.39 is 43.5 Å². The van der Waals surface area contributed by atoms with Crippen molar-refractivity contribution in [3.8, 4) is 6.07 Å². The van der Waals surface area contributed by atoms with E-state index in [9.17, 15) is 18.5 Å². The molecule has 1 aliphatic carbocycles. The normalized spacial score (nSPS) is 28.9. The highest BCUT2D eigenvalue weighted by Gasteiger charge is 2.58. The maximum Gasteiger partial charge on any atom is 0.434 e. The molecule has 2 heterocycles. The van der Waals surface area contributed by atoms with Crippen LogP contribution in [-0.2, 0) is 22.0 Å². The van der Waals surface area contributed by atoms with Gasteiger partial charge in [-0.3, -0.25) is 0 Å². The van der Waals surface area contributed by atoms with Crippen LogP contribution >= 0.6 is 0 Å². The van der Waals surface area contributed by atoms with E-state index in [0.29, 0.717) is 18.4 Å². The highest BCUT2D eigenvalue weighted by Crippen LogP contribution is 2.60. The van der Waals surface area contributed by atoms with Crippen LogP contribution in [0.2, 0.25) is 0 Å². The third-order valence-corrected chi connectivity index (χ3v) is 10.4. The van der Waals surface area contributed by atoms with Crippen molar-refractivity contribution in [1.82, 2.24) is 14.5 Å². The van der Waals surface area contributed by atoms with Crippen LogP contribution in [0, 0.1) is 28.4 Å². The molecule has 2 aromatic carbocycles. The predicted molar refractivity (Wildman–Crippen MR) is 134 cm³/mol. The van der Waals surface area contributed by atoms with Crippen LogP contribution in [0.15, 0.2) is 51.7 Å². The Balaban J connectivity index is 1.49. The number of aromatic nitrogens is 2. The highest BCUT2D eigenvalue weighted by molar-refractivity contribution is 7.89. The lowest BCUT2D eigenvalue weighted by Crippen LogP contribution is -2.49. The lowest BCUT2D eigenvalue weighted by atomic mass is 9.50. The molecule has 5 rings (SSSR count). The van der Waals surface area contributed by atoms with E-state index in [-0.39, 0.29) is 48.9 Å². The van der Waals surface area contributed by atoms with Gasteiger partial charge < -0.3 is 4.42 Å². The van der Waals surface area contributed by atoms with Gasteiger partial charge in [0.1, 0.15) is 16.9 Å². The molecule has 0 amide bonds. The van der Waals surface area contributed by atoms with Gasteiger partial charge >= 0.3 is 5.76 Å². The van der Waals surface area contributed by atoms with Gasteiger partial charge in [0.15, 0.2) is 0 Å². The van der Waals surface area contributed by atoms with Gasteiger partial charge in [0.2, 0.25) is 15.9 Å². The van der Waals surface area contributed by atoms with Gasteiger partial charge in [-0.25, -0.2) is 27.1 Å². The van der Waals surface area contributed by atoms with Gasteiger partial charge in [-0.15, -0.1) is 5.10 Å². The smallest absolute Gasteiger partial charge is 0.392 e. The van der Waals surface area contributed by atoms with E-state index >= 15 is 8.78 Å². The Kier molecular flexibility index (Phi) is 6.52. The highest BCUT2D eigenvalue weighted by atomic mass is 32.2. The Morgan fingerprint density at radius 3 is 2.53 bits per heavy atom. The first-order chi connectivity index (χ1) is 18.0.